The fourth-order valence-corrected chi connectivity index (χ4v) is 7.26. The Labute approximate surface area is 184 Å². The second-order valence-corrected chi connectivity index (χ2v) is 9.49. The molecular weight excluding hydrogens is 404 g/mol. The third-order valence-electron chi connectivity index (χ3n) is 8.37. The number of carbonyl (C=O) groups excluding carboxylic acids is 4. The highest BCUT2D eigenvalue weighted by molar-refractivity contribution is 6.25. The van der Waals surface area contributed by atoms with E-state index in [-0.39, 0.29) is 47.3 Å². The largest absolute Gasteiger partial charge is 0.274 e. The number of carbonyl (C=O) groups is 4. The van der Waals surface area contributed by atoms with Crippen molar-refractivity contribution >= 4 is 35.0 Å². The van der Waals surface area contributed by atoms with E-state index in [9.17, 15) is 19.2 Å². The van der Waals surface area contributed by atoms with E-state index in [1.54, 1.807) is 24.3 Å². The van der Waals surface area contributed by atoms with Gasteiger partial charge in [0.05, 0.1) is 35.0 Å². The van der Waals surface area contributed by atoms with Crippen molar-refractivity contribution in [2.75, 3.05) is 9.80 Å². The molecule has 158 valence electrons. The number of nitrogens with zero attached hydrogens (tertiary/aromatic N) is 2. The molecule has 0 N–H and O–H groups in total. The smallest absolute Gasteiger partial charge is 0.238 e. The standard InChI is InChI=1S/C26H20N2O4/c29-23-19-15-11-12-16(20(19)24(30)27(23)13-7-3-1-4-8-13)18-17(15)21-22(18)26(32)28(25(21)31)14-9-5-2-6-10-14/h1-12,15-22H/t15-,16+,17-,18-,19+,20-,21-,22-/m1/s1. The highest BCUT2D eigenvalue weighted by Crippen LogP contribution is 2.68. The molecule has 6 heteroatoms. The predicted octanol–water partition coefficient (Wildman–Crippen LogP) is 2.66. The van der Waals surface area contributed by atoms with Crippen molar-refractivity contribution in [2.24, 2.45) is 47.3 Å². The van der Waals surface area contributed by atoms with Crippen LogP contribution in [0.1, 0.15) is 0 Å². The second kappa shape index (κ2) is 6.03. The van der Waals surface area contributed by atoms with E-state index in [1.165, 1.54) is 9.80 Å². The van der Waals surface area contributed by atoms with E-state index in [2.05, 4.69) is 0 Å². The first-order valence-electron chi connectivity index (χ1n) is 11.1. The molecule has 2 aromatic carbocycles. The quantitative estimate of drug-likeness (QED) is 0.549. The molecule has 0 unspecified atom stereocenters. The van der Waals surface area contributed by atoms with Crippen molar-refractivity contribution in [1.29, 1.82) is 0 Å². The van der Waals surface area contributed by atoms with E-state index < -0.39 is 23.7 Å². The second-order valence-electron chi connectivity index (χ2n) is 9.49. The van der Waals surface area contributed by atoms with Crippen LogP contribution in [0.15, 0.2) is 72.8 Å². The summed E-state index contributed by atoms with van der Waals surface area (Å²) in [4.78, 5) is 56.2. The van der Waals surface area contributed by atoms with Gasteiger partial charge in [-0.1, -0.05) is 48.6 Å². The normalized spacial score (nSPS) is 38.6. The van der Waals surface area contributed by atoms with Crippen molar-refractivity contribution in [1.82, 2.24) is 0 Å². The zero-order chi connectivity index (χ0) is 21.7. The van der Waals surface area contributed by atoms with E-state index in [0.29, 0.717) is 11.4 Å². The lowest BCUT2D eigenvalue weighted by atomic mass is 9.40. The fraction of sp³-hybridized carbons (Fsp3) is 0.308. The minimum absolute atomic E-state index is 0.0612. The van der Waals surface area contributed by atoms with E-state index >= 15 is 0 Å². The van der Waals surface area contributed by atoms with Gasteiger partial charge >= 0.3 is 0 Å². The summed E-state index contributed by atoms with van der Waals surface area (Å²) in [5.74, 6) is -2.89. The van der Waals surface area contributed by atoms with Crippen LogP contribution in [0.5, 0.6) is 0 Å². The number of amides is 4. The molecule has 4 aliphatic carbocycles. The topological polar surface area (TPSA) is 74.8 Å². The molecule has 32 heavy (non-hydrogen) atoms. The summed E-state index contributed by atoms with van der Waals surface area (Å²) in [5, 5.41) is 0. The van der Waals surface area contributed by atoms with Crippen LogP contribution < -0.4 is 9.80 Å². The SMILES string of the molecule is O=C1[C@@H]2[C@H]3C=C[C@@H]([C@@H]2C(=O)N1c1ccccc1)[C@H]1[C@H]2C(=O)N(c4ccccc4)C(=O)[C@@H]2[C@H]31. The molecule has 2 bridgehead atoms. The summed E-state index contributed by atoms with van der Waals surface area (Å²) < 4.78 is 0. The minimum Gasteiger partial charge on any atom is -0.274 e. The maximum atomic E-state index is 13.4. The molecule has 0 radical (unpaired) electrons. The lowest BCUT2D eigenvalue weighted by Gasteiger charge is -2.60. The van der Waals surface area contributed by atoms with Gasteiger partial charge in [-0.2, -0.15) is 0 Å². The van der Waals surface area contributed by atoms with Gasteiger partial charge in [0.2, 0.25) is 23.6 Å². The van der Waals surface area contributed by atoms with E-state index in [1.807, 2.05) is 48.6 Å². The molecule has 8 rings (SSSR count). The number of hydrogen-bond acceptors (Lipinski definition) is 4. The molecule has 4 amide bonds. The highest BCUT2D eigenvalue weighted by atomic mass is 16.2. The number of rotatable bonds is 2. The maximum Gasteiger partial charge on any atom is 0.238 e. The highest BCUT2D eigenvalue weighted by Gasteiger charge is 2.75. The maximum absolute atomic E-state index is 13.4. The van der Waals surface area contributed by atoms with E-state index in [0.717, 1.165) is 0 Å². The van der Waals surface area contributed by atoms with Gasteiger partial charge in [0, 0.05) is 0 Å². The van der Waals surface area contributed by atoms with Gasteiger partial charge in [-0.05, 0) is 47.9 Å². The molecule has 6 aliphatic rings. The van der Waals surface area contributed by atoms with Crippen LogP contribution in [-0.4, -0.2) is 23.6 Å². The molecule has 2 heterocycles. The van der Waals surface area contributed by atoms with Crippen LogP contribution in [0.3, 0.4) is 0 Å². The van der Waals surface area contributed by atoms with Crippen LogP contribution in [0.2, 0.25) is 0 Å². The van der Waals surface area contributed by atoms with Gasteiger partial charge in [-0.15, -0.1) is 0 Å². The van der Waals surface area contributed by atoms with Crippen LogP contribution in [0.4, 0.5) is 11.4 Å². The number of para-hydroxylation sites is 2. The number of imide groups is 2. The van der Waals surface area contributed by atoms with Crippen molar-refractivity contribution in [3.8, 4) is 0 Å². The van der Waals surface area contributed by atoms with Crippen molar-refractivity contribution in [3.05, 3.63) is 72.8 Å². The molecule has 6 nitrogen and oxygen atoms in total. The molecule has 2 saturated carbocycles. The van der Waals surface area contributed by atoms with Crippen LogP contribution in [0, 0.1) is 47.3 Å². The monoisotopic (exact) mass is 424 g/mol. The molecular formula is C26H20N2O4. The Hall–Kier alpha value is -3.54. The summed E-state index contributed by atoms with van der Waals surface area (Å²) in [7, 11) is 0. The molecule has 2 aromatic rings. The van der Waals surface area contributed by atoms with Gasteiger partial charge in [0.15, 0.2) is 0 Å². The van der Waals surface area contributed by atoms with Crippen molar-refractivity contribution in [3.63, 3.8) is 0 Å². The Morgan fingerprint density at radius 1 is 0.469 bits per heavy atom. The number of allylic oxidation sites excluding steroid dienone is 2. The Morgan fingerprint density at radius 3 is 1.19 bits per heavy atom. The lowest BCUT2D eigenvalue weighted by molar-refractivity contribution is -0.166. The number of fused-ring (bicyclic) bond motifs is 1. The third-order valence-corrected chi connectivity index (χ3v) is 8.37. The van der Waals surface area contributed by atoms with Crippen molar-refractivity contribution < 1.29 is 19.2 Å². The van der Waals surface area contributed by atoms with Gasteiger partial charge in [-0.3, -0.25) is 29.0 Å². The van der Waals surface area contributed by atoms with Gasteiger partial charge < -0.3 is 0 Å². The average molecular weight is 424 g/mol. The summed E-state index contributed by atoms with van der Waals surface area (Å²) in [6, 6.07) is 18.1. The van der Waals surface area contributed by atoms with E-state index in [4.69, 9.17) is 0 Å². The Balaban J connectivity index is 1.27. The summed E-state index contributed by atoms with van der Waals surface area (Å²) in [6.45, 7) is 0. The first kappa shape index (κ1) is 18.1. The first-order chi connectivity index (χ1) is 15.6. The van der Waals surface area contributed by atoms with Crippen molar-refractivity contribution in [2.45, 2.75) is 0 Å². The van der Waals surface area contributed by atoms with Crippen LogP contribution in [-0.2, 0) is 19.2 Å². The summed E-state index contributed by atoms with van der Waals surface area (Å²) in [6.07, 6.45) is 4.07. The summed E-state index contributed by atoms with van der Waals surface area (Å²) in [5.41, 5.74) is 1.18. The van der Waals surface area contributed by atoms with Crippen LogP contribution >= 0.6 is 0 Å². The molecule has 2 saturated heterocycles. The Morgan fingerprint density at radius 2 is 0.812 bits per heavy atom. The zero-order valence-corrected chi connectivity index (χ0v) is 17.1. The predicted molar refractivity (Wildman–Crippen MR) is 115 cm³/mol. The Bertz CT molecular complexity index is 1170. The lowest BCUT2D eigenvalue weighted by Crippen LogP contribution is -2.63. The van der Waals surface area contributed by atoms with Crippen LogP contribution in [0.25, 0.3) is 0 Å². The summed E-state index contributed by atoms with van der Waals surface area (Å²) >= 11 is 0. The number of anilines is 2. The molecule has 2 aliphatic heterocycles. The first-order valence-corrected chi connectivity index (χ1v) is 11.1. The van der Waals surface area contributed by atoms with Gasteiger partial charge in [-0.25, -0.2) is 0 Å². The molecule has 0 spiro atoms. The average Bonchev–Trinajstić information content (AvgIpc) is 3.19. The Kier molecular flexibility index (Phi) is 3.41. The third kappa shape index (κ3) is 1.96. The molecule has 4 fully saturated rings. The fourth-order valence-electron chi connectivity index (χ4n) is 7.26. The van der Waals surface area contributed by atoms with Gasteiger partial charge in [0.25, 0.3) is 0 Å². The molecule has 0 aromatic heterocycles. The number of hydrogen-bond donors (Lipinski definition) is 0. The zero-order valence-electron chi connectivity index (χ0n) is 17.1. The minimum atomic E-state index is -0.450. The van der Waals surface area contributed by atoms with Gasteiger partial charge in [0.1, 0.15) is 0 Å². The molecule has 8 atom stereocenters. The number of benzene rings is 2.